The van der Waals surface area contributed by atoms with Gasteiger partial charge < -0.3 is 19.7 Å². The van der Waals surface area contributed by atoms with Crippen molar-refractivity contribution in [3.63, 3.8) is 0 Å². The quantitative estimate of drug-likeness (QED) is 0.772. The number of allylic oxidation sites excluding steroid dienone is 2. The second kappa shape index (κ2) is 6.06. The third kappa shape index (κ3) is 2.35. The topological polar surface area (TPSA) is 76.0 Å². The van der Waals surface area contributed by atoms with Crippen molar-refractivity contribution < 1.29 is 24.5 Å². The largest absolute Gasteiger partial charge is 0.508 e. The molecule has 0 bridgehead atoms. The summed E-state index contributed by atoms with van der Waals surface area (Å²) in [6.07, 6.45) is 7.20. The molecule has 0 amide bonds. The van der Waals surface area contributed by atoms with Crippen LogP contribution in [0.4, 0.5) is 0 Å². The molecule has 0 aliphatic carbocycles. The zero-order chi connectivity index (χ0) is 19.2. The molecule has 2 N–H and O–H groups in total. The fourth-order valence-corrected chi connectivity index (χ4v) is 3.68. The molecule has 2 aliphatic heterocycles. The molecule has 2 aromatic carbocycles. The first-order chi connectivity index (χ1) is 13.0. The fraction of sp³-hybridized carbons (Fsp3) is 0.136. The molecule has 0 saturated carbocycles. The first-order valence-electron chi connectivity index (χ1n) is 8.59. The number of rotatable bonds is 2. The highest BCUT2D eigenvalue weighted by Crippen LogP contribution is 2.57. The number of fused-ring (bicyclic) bond motifs is 4. The molecule has 136 valence electrons. The van der Waals surface area contributed by atoms with Crippen LogP contribution in [0.15, 0.2) is 71.8 Å². The fourth-order valence-electron chi connectivity index (χ4n) is 3.68. The molecule has 0 radical (unpaired) electrons. The van der Waals surface area contributed by atoms with Crippen LogP contribution in [-0.2, 0) is 15.1 Å². The molecule has 5 nitrogen and oxygen atoms in total. The van der Waals surface area contributed by atoms with Crippen molar-refractivity contribution in [2.45, 2.75) is 19.4 Å². The Hall–Kier alpha value is -3.47. The van der Waals surface area contributed by atoms with E-state index in [1.54, 1.807) is 24.3 Å². The molecule has 0 saturated heterocycles. The van der Waals surface area contributed by atoms with E-state index < -0.39 is 11.6 Å². The molecule has 27 heavy (non-hydrogen) atoms. The van der Waals surface area contributed by atoms with Gasteiger partial charge in [-0.3, -0.25) is 0 Å². The number of hydrogen-bond donors (Lipinski definition) is 2. The van der Waals surface area contributed by atoms with Gasteiger partial charge in [-0.2, -0.15) is 0 Å². The maximum Gasteiger partial charge on any atom is 0.340 e. The third-order valence-electron chi connectivity index (χ3n) is 4.71. The number of hydrogen-bond acceptors (Lipinski definition) is 5. The molecule has 4 rings (SSSR count). The van der Waals surface area contributed by atoms with Crippen molar-refractivity contribution in [2.24, 2.45) is 0 Å². The van der Waals surface area contributed by atoms with Crippen molar-refractivity contribution in [3.05, 3.63) is 83.0 Å². The molecule has 2 heterocycles. The number of ether oxygens (including phenoxy) is 2. The van der Waals surface area contributed by atoms with E-state index in [0.717, 1.165) is 0 Å². The first kappa shape index (κ1) is 17.0. The highest BCUT2D eigenvalue weighted by molar-refractivity contribution is 5.98. The predicted molar refractivity (Wildman–Crippen MR) is 99.8 cm³/mol. The van der Waals surface area contributed by atoms with E-state index in [-0.39, 0.29) is 11.5 Å². The zero-order valence-electron chi connectivity index (χ0n) is 14.9. The van der Waals surface area contributed by atoms with Gasteiger partial charge in [0.25, 0.3) is 0 Å². The van der Waals surface area contributed by atoms with Crippen LogP contribution >= 0.6 is 0 Å². The SMILES string of the molecule is C/C=C\C1=C(/C=C\C)C2(OC1=O)c1ccc(O)cc1Oc1cc(O)ccc12. The van der Waals surface area contributed by atoms with Gasteiger partial charge in [0.15, 0.2) is 5.60 Å². The maximum atomic E-state index is 12.8. The van der Waals surface area contributed by atoms with Gasteiger partial charge in [-0.1, -0.05) is 24.3 Å². The van der Waals surface area contributed by atoms with Gasteiger partial charge in [0.05, 0.1) is 5.57 Å². The summed E-state index contributed by atoms with van der Waals surface area (Å²) in [5.41, 5.74) is 1.13. The minimum atomic E-state index is -1.22. The Kier molecular flexibility index (Phi) is 3.81. The molecule has 2 aromatic rings. The van der Waals surface area contributed by atoms with E-state index in [0.29, 0.717) is 33.8 Å². The average molecular weight is 362 g/mol. The standard InChI is InChI=1S/C22H18O5/c1-3-5-15-16(6-4-2)22(27-21(15)25)17-9-7-13(23)11-19(17)26-20-12-14(24)8-10-18(20)22/h3-12,23-24H,1-2H3/b5-3-,6-4-. The summed E-state index contributed by atoms with van der Waals surface area (Å²) in [5.74, 6) is 0.347. The molecule has 0 aromatic heterocycles. The summed E-state index contributed by atoms with van der Waals surface area (Å²) in [5, 5.41) is 19.8. The lowest BCUT2D eigenvalue weighted by Crippen LogP contribution is -2.33. The molecular formula is C22H18O5. The Morgan fingerprint density at radius 2 is 1.44 bits per heavy atom. The highest BCUT2D eigenvalue weighted by Gasteiger charge is 2.53. The second-order valence-corrected chi connectivity index (χ2v) is 6.36. The van der Waals surface area contributed by atoms with Crippen molar-refractivity contribution in [2.75, 3.05) is 0 Å². The lowest BCUT2D eigenvalue weighted by molar-refractivity contribution is -0.144. The number of carbonyl (C=O) groups is 1. The van der Waals surface area contributed by atoms with Crippen LogP contribution in [0.2, 0.25) is 0 Å². The van der Waals surface area contributed by atoms with Gasteiger partial charge in [-0.25, -0.2) is 4.79 Å². The van der Waals surface area contributed by atoms with E-state index in [1.807, 2.05) is 26.0 Å². The van der Waals surface area contributed by atoms with E-state index >= 15 is 0 Å². The molecule has 5 heteroatoms. The van der Waals surface area contributed by atoms with Crippen LogP contribution < -0.4 is 4.74 Å². The number of phenolic OH excluding ortho intramolecular Hbond substituents is 2. The van der Waals surface area contributed by atoms with E-state index in [2.05, 4.69) is 0 Å². The Bertz CT molecular complexity index is 991. The van der Waals surface area contributed by atoms with E-state index in [9.17, 15) is 15.0 Å². The lowest BCUT2D eigenvalue weighted by Gasteiger charge is -2.37. The third-order valence-corrected chi connectivity index (χ3v) is 4.71. The van der Waals surface area contributed by atoms with E-state index in [1.165, 1.54) is 24.3 Å². The summed E-state index contributed by atoms with van der Waals surface area (Å²) < 4.78 is 11.9. The van der Waals surface area contributed by atoms with Crippen LogP contribution in [0, 0.1) is 0 Å². The summed E-state index contributed by atoms with van der Waals surface area (Å²) in [6, 6.07) is 9.39. The van der Waals surface area contributed by atoms with Gasteiger partial charge in [0.1, 0.15) is 23.0 Å². The van der Waals surface area contributed by atoms with Crippen LogP contribution in [0.5, 0.6) is 23.0 Å². The average Bonchev–Trinajstić information content (AvgIpc) is 2.88. The van der Waals surface area contributed by atoms with Crippen molar-refractivity contribution in [1.82, 2.24) is 0 Å². The Balaban J connectivity index is 2.12. The van der Waals surface area contributed by atoms with Crippen LogP contribution in [0.1, 0.15) is 25.0 Å². The summed E-state index contributed by atoms with van der Waals surface area (Å²) in [7, 11) is 0. The van der Waals surface area contributed by atoms with Crippen LogP contribution in [-0.4, -0.2) is 16.2 Å². The molecule has 1 spiro atoms. The lowest BCUT2D eigenvalue weighted by atomic mass is 9.77. The number of carbonyl (C=O) groups excluding carboxylic acids is 1. The van der Waals surface area contributed by atoms with Crippen LogP contribution in [0.25, 0.3) is 0 Å². The normalized spacial score (nSPS) is 17.3. The number of aromatic hydroxyl groups is 2. The number of phenols is 2. The molecule has 0 unspecified atom stereocenters. The minimum Gasteiger partial charge on any atom is -0.508 e. The summed E-state index contributed by atoms with van der Waals surface area (Å²) >= 11 is 0. The Morgan fingerprint density at radius 3 is 1.96 bits per heavy atom. The zero-order valence-corrected chi connectivity index (χ0v) is 14.9. The molecular weight excluding hydrogens is 344 g/mol. The van der Waals surface area contributed by atoms with Gasteiger partial charge >= 0.3 is 5.97 Å². The van der Waals surface area contributed by atoms with Gasteiger partial charge in [0, 0.05) is 28.8 Å². The smallest absolute Gasteiger partial charge is 0.340 e. The number of benzene rings is 2. The van der Waals surface area contributed by atoms with Crippen molar-refractivity contribution in [1.29, 1.82) is 0 Å². The Morgan fingerprint density at radius 1 is 0.889 bits per heavy atom. The number of esters is 1. The van der Waals surface area contributed by atoms with Gasteiger partial charge in [0.2, 0.25) is 0 Å². The summed E-state index contributed by atoms with van der Waals surface area (Å²) in [4.78, 5) is 12.8. The molecule has 0 fully saturated rings. The van der Waals surface area contributed by atoms with Crippen molar-refractivity contribution in [3.8, 4) is 23.0 Å². The van der Waals surface area contributed by atoms with Crippen molar-refractivity contribution >= 4 is 5.97 Å². The van der Waals surface area contributed by atoms with Gasteiger partial charge in [-0.05, 0) is 38.1 Å². The summed E-state index contributed by atoms with van der Waals surface area (Å²) in [6.45, 7) is 3.70. The van der Waals surface area contributed by atoms with E-state index in [4.69, 9.17) is 9.47 Å². The minimum absolute atomic E-state index is 0.0297. The first-order valence-corrected chi connectivity index (χ1v) is 8.59. The molecule has 2 aliphatic rings. The molecule has 0 atom stereocenters. The predicted octanol–water partition coefficient (Wildman–Crippen LogP) is 4.45. The monoisotopic (exact) mass is 362 g/mol. The maximum absolute atomic E-state index is 12.8. The highest BCUT2D eigenvalue weighted by atomic mass is 16.6. The van der Waals surface area contributed by atoms with Gasteiger partial charge in [-0.15, -0.1) is 0 Å². The Labute approximate surface area is 156 Å². The van der Waals surface area contributed by atoms with Crippen LogP contribution in [0.3, 0.4) is 0 Å². The second-order valence-electron chi connectivity index (χ2n) is 6.36.